The van der Waals surface area contributed by atoms with E-state index in [9.17, 15) is 4.79 Å². The first-order valence-corrected chi connectivity index (χ1v) is 7.30. The van der Waals surface area contributed by atoms with E-state index in [1.165, 1.54) is 0 Å². The van der Waals surface area contributed by atoms with E-state index in [0.29, 0.717) is 30.3 Å². The molecule has 0 unspecified atom stereocenters. The van der Waals surface area contributed by atoms with Crippen LogP contribution < -0.4 is 15.4 Å². The summed E-state index contributed by atoms with van der Waals surface area (Å²) in [5, 5.41) is 6.54. The Morgan fingerprint density at radius 3 is 2.91 bits per heavy atom. The van der Waals surface area contributed by atoms with E-state index < -0.39 is 0 Å². The van der Waals surface area contributed by atoms with Gasteiger partial charge in [-0.15, -0.1) is 0 Å². The molecule has 0 aliphatic heterocycles. The Balaban J connectivity index is 1.72. The van der Waals surface area contributed by atoms with Crippen LogP contribution in [0.3, 0.4) is 0 Å². The van der Waals surface area contributed by atoms with Gasteiger partial charge in [0, 0.05) is 37.6 Å². The summed E-state index contributed by atoms with van der Waals surface area (Å²) in [6.45, 7) is 1.02. The van der Waals surface area contributed by atoms with Gasteiger partial charge in [-0.05, 0) is 29.8 Å². The molecule has 2 N–H and O–H groups in total. The number of hydrogen-bond donors (Lipinski definition) is 2. The van der Waals surface area contributed by atoms with Gasteiger partial charge in [-0.3, -0.25) is 9.78 Å². The highest BCUT2D eigenvalue weighted by Crippen LogP contribution is 2.27. The van der Waals surface area contributed by atoms with E-state index in [0.717, 1.165) is 11.3 Å². The van der Waals surface area contributed by atoms with Gasteiger partial charge in [-0.2, -0.15) is 0 Å². The second-order valence-electron chi connectivity index (χ2n) is 4.66. The molecule has 0 saturated carbocycles. The van der Waals surface area contributed by atoms with Crippen molar-refractivity contribution in [2.45, 2.75) is 13.0 Å². The fraction of sp³-hybridized carbons (Fsp3) is 0.250. The Labute approximate surface area is 134 Å². The standard InChI is InChI=1S/C16H18ClN3O2/c1-22-15-5-4-13(9-14(15)17)19-8-6-16(21)20-11-12-3-2-7-18-10-12/h2-5,7,9-10,19H,6,8,11H2,1H3,(H,20,21). The molecule has 22 heavy (non-hydrogen) atoms. The quantitative estimate of drug-likeness (QED) is 0.823. The van der Waals surface area contributed by atoms with Gasteiger partial charge in [0.05, 0.1) is 12.1 Å². The number of carbonyl (C=O) groups is 1. The Kier molecular flexibility index (Phi) is 6.03. The second-order valence-corrected chi connectivity index (χ2v) is 5.07. The lowest BCUT2D eigenvalue weighted by Gasteiger charge is -2.09. The van der Waals surface area contributed by atoms with Gasteiger partial charge in [0.15, 0.2) is 0 Å². The number of carbonyl (C=O) groups excluding carboxylic acids is 1. The zero-order valence-electron chi connectivity index (χ0n) is 12.3. The molecule has 1 amide bonds. The zero-order chi connectivity index (χ0) is 15.8. The number of aromatic nitrogens is 1. The number of methoxy groups -OCH3 is 1. The first kappa shape index (κ1) is 16.1. The topological polar surface area (TPSA) is 63.2 Å². The normalized spacial score (nSPS) is 10.1. The predicted molar refractivity (Wildman–Crippen MR) is 87.2 cm³/mol. The van der Waals surface area contributed by atoms with Gasteiger partial charge in [0.1, 0.15) is 5.75 Å². The maximum Gasteiger partial charge on any atom is 0.222 e. The number of rotatable bonds is 7. The van der Waals surface area contributed by atoms with Crippen LogP contribution in [0.1, 0.15) is 12.0 Å². The Bertz CT molecular complexity index is 620. The van der Waals surface area contributed by atoms with Crippen molar-refractivity contribution in [3.05, 3.63) is 53.3 Å². The minimum Gasteiger partial charge on any atom is -0.495 e. The highest BCUT2D eigenvalue weighted by atomic mass is 35.5. The lowest BCUT2D eigenvalue weighted by atomic mass is 10.2. The molecule has 1 heterocycles. The third-order valence-electron chi connectivity index (χ3n) is 3.05. The van der Waals surface area contributed by atoms with Crippen LogP contribution in [-0.4, -0.2) is 24.5 Å². The smallest absolute Gasteiger partial charge is 0.222 e. The Morgan fingerprint density at radius 2 is 2.23 bits per heavy atom. The Morgan fingerprint density at radius 1 is 1.36 bits per heavy atom. The fourth-order valence-corrected chi connectivity index (χ4v) is 2.15. The van der Waals surface area contributed by atoms with Gasteiger partial charge in [0.2, 0.25) is 5.91 Å². The molecule has 0 aliphatic rings. The zero-order valence-corrected chi connectivity index (χ0v) is 13.1. The van der Waals surface area contributed by atoms with Crippen LogP contribution in [0.4, 0.5) is 5.69 Å². The molecule has 2 rings (SSSR count). The van der Waals surface area contributed by atoms with Gasteiger partial charge < -0.3 is 15.4 Å². The van der Waals surface area contributed by atoms with E-state index in [1.54, 1.807) is 31.6 Å². The van der Waals surface area contributed by atoms with E-state index in [4.69, 9.17) is 16.3 Å². The monoisotopic (exact) mass is 319 g/mol. The number of benzene rings is 1. The summed E-state index contributed by atoms with van der Waals surface area (Å²) in [5.41, 5.74) is 1.83. The molecule has 1 aromatic carbocycles. The minimum atomic E-state index is -0.0176. The SMILES string of the molecule is COc1ccc(NCCC(=O)NCc2cccnc2)cc1Cl. The molecule has 1 aromatic heterocycles. The van der Waals surface area contributed by atoms with E-state index >= 15 is 0 Å². The summed E-state index contributed by atoms with van der Waals surface area (Å²) in [6.07, 6.45) is 3.82. The van der Waals surface area contributed by atoms with Crippen LogP contribution in [-0.2, 0) is 11.3 Å². The number of nitrogens with one attached hydrogen (secondary N) is 2. The molecule has 2 aromatic rings. The average molecular weight is 320 g/mol. The van der Waals surface area contributed by atoms with Crippen molar-refractivity contribution in [1.29, 1.82) is 0 Å². The molecule has 116 valence electrons. The number of halogens is 1. The molecule has 0 saturated heterocycles. The van der Waals surface area contributed by atoms with Crippen LogP contribution in [0.2, 0.25) is 5.02 Å². The summed E-state index contributed by atoms with van der Waals surface area (Å²) < 4.78 is 5.09. The number of amides is 1. The molecule has 0 fully saturated rings. The first-order chi connectivity index (χ1) is 10.7. The predicted octanol–water partition coefficient (Wildman–Crippen LogP) is 2.86. The van der Waals surface area contributed by atoms with Crippen molar-refractivity contribution in [3.8, 4) is 5.75 Å². The van der Waals surface area contributed by atoms with Gasteiger partial charge in [-0.25, -0.2) is 0 Å². The lowest BCUT2D eigenvalue weighted by molar-refractivity contribution is -0.121. The van der Waals surface area contributed by atoms with Crippen molar-refractivity contribution < 1.29 is 9.53 Å². The molecule has 0 bridgehead atoms. The third-order valence-corrected chi connectivity index (χ3v) is 3.34. The van der Waals surface area contributed by atoms with E-state index in [1.807, 2.05) is 18.2 Å². The van der Waals surface area contributed by atoms with Gasteiger partial charge in [-0.1, -0.05) is 17.7 Å². The van der Waals surface area contributed by atoms with Crippen molar-refractivity contribution in [2.75, 3.05) is 19.0 Å². The molecule has 0 aliphatic carbocycles. The molecular weight excluding hydrogens is 302 g/mol. The van der Waals surface area contributed by atoms with Crippen LogP contribution in [0.25, 0.3) is 0 Å². The highest BCUT2D eigenvalue weighted by molar-refractivity contribution is 6.32. The number of hydrogen-bond acceptors (Lipinski definition) is 4. The molecule has 6 heteroatoms. The molecule has 0 radical (unpaired) electrons. The summed E-state index contributed by atoms with van der Waals surface area (Å²) in [6, 6.07) is 9.18. The summed E-state index contributed by atoms with van der Waals surface area (Å²) >= 11 is 6.04. The second kappa shape index (κ2) is 8.24. The average Bonchev–Trinajstić information content (AvgIpc) is 2.54. The van der Waals surface area contributed by atoms with Crippen LogP contribution >= 0.6 is 11.6 Å². The largest absolute Gasteiger partial charge is 0.495 e. The van der Waals surface area contributed by atoms with Gasteiger partial charge >= 0.3 is 0 Å². The first-order valence-electron chi connectivity index (χ1n) is 6.92. The lowest BCUT2D eigenvalue weighted by Crippen LogP contribution is -2.24. The minimum absolute atomic E-state index is 0.0176. The van der Waals surface area contributed by atoms with E-state index in [-0.39, 0.29) is 5.91 Å². The fourth-order valence-electron chi connectivity index (χ4n) is 1.89. The summed E-state index contributed by atoms with van der Waals surface area (Å²) in [7, 11) is 1.57. The highest BCUT2D eigenvalue weighted by Gasteiger charge is 2.04. The molecule has 5 nitrogen and oxygen atoms in total. The van der Waals surface area contributed by atoms with Crippen molar-refractivity contribution in [1.82, 2.24) is 10.3 Å². The van der Waals surface area contributed by atoms with Gasteiger partial charge in [0.25, 0.3) is 0 Å². The van der Waals surface area contributed by atoms with Crippen LogP contribution in [0, 0.1) is 0 Å². The maximum atomic E-state index is 11.8. The Hall–Kier alpha value is -2.27. The van der Waals surface area contributed by atoms with Crippen LogP contribution in [0.5, 0.6) is 5.75 Å². The van der Waals surface area contributed by atoms with Crippen molar-refractivity contribution in [2.24, 2.45) is 0 Å². The summed E-state index contributed by atoms with van der Waals surface area (Å²) in [5.74, 6) is 0.609. The third kappa shape index (κ3) is 4.93. The van der Waals surface area contributed by atoms with Crippen molar-refractivity contribution in [3.63, 3.8) is 0 Å². The maximum absolute atomic E-state index is 11.8. The van der Waals surface area contributed by atoms with Crippen LogP contribution in [0.15, 0.2) is 42.7 Å². The number of nitrogens with zero attached hydrogens (tertiary/aromatic N) is 1. The number of ether oxygens (including phenoxy) is 1. The number of anilines is 1. The summed E-state index contributed by atoms with van der Waals surface area (Å²) in [4.78, 5) is 15.8. The van der Waals surface area contributed by atoms with E-state index in [2.05, 4.69) is 15.6 Å². The van der Waals surface area contributed by atoms with Crippen molar-refractivity contribution >= 4 is 23.2 Å². The molecular formula is C16H18ClN3O2. The molecule has 0 spiro atoms. The molecule has 0 atom stereocenters. The number of pyridine rings is 1.